The molecule has 1 fully saturated rings. The third-order valence-electron chi connectivity index (χ3n) is 4.21. The van der Waals surface area contributed by atoms with Crippen molar-refractivity contribution in [3.05, 3.63) is 11.4 Å². The molecular formula is C16H29N5. The van der Waals surface area contributed by atoms with Gasteiger partial charge < -0.3 is 15.5 Å². The van der Waals surface area contributed by atoms with Crippen molar-refractivity contribution in [3.63, 3.8) is 0 Å². The molecule has 118 valence electrons. The summed E-state index contributed by atoms with van der Waals surface area (Å²) in [6, 6.07) is 0.529. The van der Waals surface area contributed by atoms with Gasteiger partial charge in [-0.1, -0.05) is 13.8 Å². The highest BCUT2D eigenvalue weighted by Gasteiger charge is 2.20. The number of aromatic nitrogens is 2. The molecule has 21 heavy (non-hydrogen) atoms. The van der Waals surface area contributed by atoms with E-state index in [1.165, 1.54) is 38.9 Å². The van der Waals surface area contributed by atoms with Crippen LogP contribution in [-0.2, 0) is 6.42 Å². The molecule has 0 aromatic carbocycles. The molecule has 0 bridgehead atoms. The van der Waals surface area contributed by atoms with Crippen molar-refractivity contribution in [2.45, 2.75) is 52.5 Å². The van der Waals surface area contributed by atoms with E-state index in [4.69, 9.17) is 0 Å². The Labute approximate surface area is 128 Å². The zero-order chi connectivity index (χ0) is 15.2. The largest absolute Gasteiger partial charge is 0.373 e. The summed E-state index contributed by atoms with van der Waals surface area (Å²) in [5.74, 6) is 2.84. The molecule has 0 saturated carbocycles. The fourth-order valence-corrected chi connectivity index (χ4v) is 2.92. The summed E-state index contributed by atoms with van der Waals surface area (Å²) in [7, 11) is 1.92. The van der Waals surface area contributed by atoms with Crippen molar-refractivity contribution in [1.29, 1.82) is 0 Å². The van der Waals surface area contributed by atoms with Crippen LogP contribution in [0.4, 0.5) is 11.6 Å². The Morgan fingerprint density at radius 2 is 1.81 bits per heavy atom. The number of aryl methyl sites for hydroxylation is 1. The molecule has 1 aliphatic rings. The summed E-state index contributed by atoms with van der Waals surface area (Å²) in [5, 5.41) is 6.82. The Kier molecular flexibility index (Phi) is 5.79. The van der Waals surface area contributed by atoms with Crippen LogP contribution in [-0.4, -0.2) is 47.6 Å². The van der Waals surface area contributed by atoms with E-state index in [-0.39, 0.29) is 0 Å². The standard InChI is InChI=1S/C16H29N5/c1-5-9-21-10-7-13(8-11-21)18-16-12(3)15(17-4)19-14(6-2)20-16/h13H,5-11H2,1-4H3,(H2,17,18,19,20). The molecule has 5 nitrogen and oxygen atoms in total. The second kappa shape index (κ2) is 7.59. The second-order valence-electron chi connectivity index (χ2n) is 5.83. The molecule has 5 heteroatoms. The van der Waals surface area contributed by atoms with Crippen molar-refractivity contribution in [1.82, 2.24) is 14.9 Å². The number of hydrogen-bond donors (Lipinski definition) is 2. The van der Waals surface area contributed by atoms with Crippen LogP contribution < -0.4 is 10.6 Å². The molecule has 1 aromatic rings. The Bertz CT molecular complexity index is 452. The van der Waals surface area contributed by atoms with Gasteiger partial charge in [0.05, 0.1) is 0 Å². The predicted octanol–water partition coefficient (Wildman–Crippen LogP) is 2.68. The van der Waals surface area contributed by atoms with Gasteiger partial charge in [0.25, 0.3) is 0 Å². The molecule has 1 saturated heterocycles. The Morgan fingerprint density at radius 1 is 1.14 bits per heavy atom. The van der Waals surface area contributed by atoms with Crippen LogP contribution in [0.15, 0.2) is 0 Å². The van der Waals surface area contributed by atoms with Crippen LogP contribution in [0.3, 0.4) is 0 Å². The van der Waals surface area contributed by atoms with Gasteiger partial charge in [0.15, 0.2) is 0 Å². The number of hydrogen-bond acceptors (Lipinski definition) is 5. The van der Waals surface area contributed by atoms with E-state index in [0.29, 0.717) is 6.04 Å². The van der Waals surface area contributed by atoms with E-state index in [1.54, 1.807) is 0 Å². The average molecular weight is 291 g/mol. The first-order valence-corrected chi connectivity index (χ1v) is 8.22. The summed E-state index contributed by atoms with van der Waals surface area (Å²) in [4.78, 5) is 11.8. The topological polar surface area (TPSA) is 53.1 Å². The van der Waals surface area contributed by atoms with E-state index >= 15 is 0 Å². The van der Waals surface area contributed by atoms with Gasteiger partial charge in [0, 0.05) is 38.2 Å². The van der Waals surface area contributed by atoms with Crippen molar-refractivity contribution >= 4 is 11.6 Å². The van der Waals surface area contributed by atoms with Crippen molar-refractivity contribution in [2.75, 3.05) is 37.3 Å². The third kappa shape index (κ3) is 4.06. The average Bonchev–Trinajstić information content (AvgIpc) is 2.51. The molecule has 0 unspecified atom stereocenters. The van der Waals surface area contributed by atoms with Crippen LogP contribution in [0.25, 0.3) is 0 Å². The summed E-state index contributed by atoms with van der Waals surface area (Å²) < 4.78 is 0. The molecule has 0 spiro atoms. The number of likely N-dealkylation sites (tertiary alicyclic amines) is 1. The van der Waals surface area contributed by atoms with E-state index in [1.807, 2.05) is 7.05 Å². The molecule has 1 aromatic heterocycles. The lowest BCUT2D eigenvalue weighted by molar-refractivity contribution is 0.219. The molecule has 0 aliphatic carbocycles. The number of nitrogens with zero attached hydrogens (tertiary/aromatic N) is 3. The zero-order valence-electron chi connectivity index (χ0n) is 13.9. The molecule has 0 atom stereocenters. The number of anilines is 2. The molecule has 2 rings (SSSR count). The second-order valence-corrected chi connectivity index (χ2v) is 5.83. The van der Waals surface area contributed by atoms with E-state index in [9.17, 15) is 0 Å². The fraction of sp³-hybridized carbons (Fsp3) is 0.750. The maximum absolute atomic E-state index is 4.67. The van der Waals surface area contributed by atoms with Crippen molar-refractivity contribution in [3.8, 4) is 0 Å². The van der Waals surface area contributed by atoms with Crippen LogP contribution >= 0.6 is 0 Å². The third-order valence-corrected chi connectivity index (χ3v) is 4.21. The van der Waals surface area contributed by atoms with Gasteiger partial charge in [0.2, 0.25) is 0 Å². The Hall–Kier alpha value is -1.36. The quantitative estimate of drug-likeness (QED) is 0.844. The maximum Gasteiger partial charge on any atom is 0.134 e. The summed E-state index contributed by atoms with van der Waals surface area (Å²) >= 11 is 0. The molecule has 0 amide bonds. The lowest BCUT2D eigenvalue weighted by Crippen LogP contribution is -2.39. The molecule has 2 N–H and O–H groups in total. The molecule has 1 aliphatic heterocycles. The number of nitrogens with one attached hydrogen (secondary N) is 2. The van der Waals surface area contributed by atoms with Gasteiger partial charge in [-0.25, -0.2) is 9.97 Å². The van der Waals surface area contributed by atoms with E-state index in [2.05, 4.69) is 46.3 Å². The molecular weight excluding hydrogens is 262 g/mol. The monoisotopic (exact) mass is 291 g/mol. The number of rotatable bonds is 6. The first kappa shape index (κ1) is 16.0. The van der Waals surface area contributed by atoms with Gasteiger partial charge >= 0.3 is 0 Å². The normalized spacial score (nSPS) is 17.0. The van der Waals surface area contributed by atoms with Gasteiger partial charge in [-0.2, -0.15) is 0 Å². The van der Waals surface area contributed by atoms with Crippen LogP contribution in [0.5, 0.6) is 0 Å². The van der Waals surface area contributed by atoms with E-state index < -0.39 is 0 Å². The summed E-state index contributed by atoms with van der Waals surface area (Å²) in [6.07, 6.45) is 4.49. The van der Waals surface area contributed by atoms with Gasteiger partial charge in [-0.05, 0) is 32.7 Å². The SMILES string of the molecule is CCCN1CCC(Nc2nc(CC)nc(NC)c2C)CC1. The van der Waals surface area contributed by atoms with Gasteiger partial charge in [0.1, 0.15) is 17.5 Å². The minimum Gasteiger partial charge on any atom is -0.373 e. The first-order valence-electron chi connectivity index (χ1n) is 8.22. The minimum atomic E-state index is 0.529. The highest BCUT2D eigenvalue weighted by Crippen LogP contribution is 2.23. The van der Waals surface area contributed by atoms with Crippen molar-refractivity contribution in [2.24, 2.45) is 0 Å². The van der Waals surface area contributed by atoms with Crippen LogP contribution in [0.1, 0.15) is 44.5 Å². The number of piperidine rings is 1. The van der Waals surface area contributed by atoms with Crippen LogP contribution in [0, 0.1) is 6.92 Å². The highest BCUT2D eigenvalue weighted by atomic mass is 15.2. The smallest absolute Gasteiger partial charge is 0.134 e. The van der Waals surface area contributed by atoms with E-state index in [0.717, 1.165) is 29.4 Å². The fourth-order valence-electron chi connectivity index (χ4n) is 2.92. The Morgan fingerprint density at radius 3 is 2.38 bits per heavy atom. The van der Waals surface area contributed by atoms with Crippen LogP contribution in [0.2, 0.25) is 0 Å². The first-order chi connectivity index (χ1) is 10.2. The molecule has 0 radical (unpaired) electrons. The predicted molar refractivity (Wildman–Crippen MR) is 89.1 cm³/mol. The highest BCUT2D eigenvalue weighted by molar-refractivity contribution is 5.57. The Balaban J connectivity index is 2.03. The summed E-state index contributed by atoms with van der Waals surface area (Å²) in [6.45, 7) is 10.0. The molecule has 2 heterocycles. The minimum absolute atomic E-state index is 0.529. The van der Waals surface area contributed by atoms with Gasteiger partial charge in [-0.15, -0.1) is 0 Å². The lowest BCUT2D eigenvalue weighted by atomic mass is 10.0. The summed E-state index contributed by atoms with van der Waals surface area (Å²) in [5.41, 5.74) is 1.12. The van der Waals surface area contributed by atoms with Crippen molar-refractivity contribution < 1.29 is 0 Å². The van der Waals surface area contributed by atoms with Gasteiger partial charge in [-0.3, -0.25) is 0 Å². The zero-order valence-corrected chi connectivity index (χ0v) is 13.9. The maximum atomic E-state index is 4.67. The lowest BCUT2D eigenvalue weighted by Gasteiger charge is -2.32.